The van der Waals surface area contributed by atoms with Crippen LogP contribution in [0, 0.1) is 0 Å². The molecule has 98 valence electrons. The van der Waals surface area contributed by atoms with Gasteiger partial charge in [-0.1, -0.05) is 0 Å². The van der Waals surface area contributed by atoms with Gasteiger partial charge in [-0.25, -0.2) is 19.2 Å². The Bertz CT molecular complexity index is 840. The molecule has 2 aliphatic rings. The third-order valence-corrected chi connectivity index (χ3v) is 5.21. The Kier molecular flexibility index (Phi) is 2.08. The van der Waals surface area contributed by atoms with Crippen molar-refractivity contribution >= 4 is 46.6 Å². The Hall–Kier alpha value is -2.32. The van der Waals surface area contributed by atoms with E-state index in [1.807, 2.05) is 0 Å². The summed E-state index contributed by atoms with van der Waals surface area (Å²) in [6.07, 6.45) is 0. The van der Waals surface area contributed by atoms with Crippen LogP contribution in [0.1, 0.15) is 40.7 Å². The number of hydrogen-bond acceptors (Lipinski definition) is 8. The molecule has 0 atom stereocenters. The lowest BCUT2D eigenvalue weighted by Gasteiger charge is -2.05. The number of carbonyl (C=O) groups is 4. The first-order valence-electron chi connectivity index (χ1n) is 5.35. The van der Waals surface area contributed by atoms with Crippen LogP contribution in [0.5, 0.6) is 0 Å². The molecule has 4 rings (SSSR count). The van der Waals surface area contributed by atoms with Gasteiger partial charge in [0.2, 0.25) is 0 Å². The average Bonchev–Trinajstić information content (AvgIpc) is 3.05. The molecule has 0 aliphatic carbocycles. The van der Waals surface area contributed by atoms with E-state index in [0.717, 1.165) is 11.3 Å². The number of esters is 4. The third kappa shape index (κ3) is 1.27. The molecule has 2 aliphatic heterocycles. The Morgan fingerprint density at radius 2 is 1.40 bits per heavy atom. The van der Waals surface area contributed by atoms with Gasteiger partial charge in [-0.2, -0.15) is 0 Å². The van der Waals surface area contributed by atoms with E-state index in [1.165, 1.54) is 17.4 Å². The van der Waals surface area contributed by atoms with Gasteiger partial charge in [0, 0.05) is 0 Å². The average molecular weight is 306 g/mol. The van der Waals surface area contributed by atoms with E-state index in [-0.39, 0.29) is 21.6 Å². The van der Waals surface area contributed by atoms with Crippen LogP contribution in [0.25, 0.3) is 9.75 Å². The number of carbonyl (C=O) groups excluding carboxylic acids is 4. The van der Waals surface area contributed by atoms with E-state index in [4.69, 9.17) is 4.74 Å². The number of rotatable bonds is 0. The summed E-state index contributed by atoms with van der Waals surface area (Å²) in [5.41, 5.74) is 0.144. The number of cyclic esters (lactones) is 4. The van der Waals surface area contributed by atoms with E-state index >= 15 is 0 Å². The molecule has 0 N–H and O–H groups in total. The first-order chi connectivity index (χ1) is 9.58. The van der Waals surface area contributed by atoms with Gasteiger partial charge in [0.1, 0.15) is 10.4 Å². The SMILES string of the molecule is O=C1OC(=O)c2sc(c3c2C(=O)OC3=O)-c2sccc21. The predicted molar refractivity (Wildman–Crippen MR) is 67.1 cm³/mol. The van der Waals surface area contributed by atoms with Crippen molar-refractivity contribution < 1.29 is 28.7 Å². The minimum absolute atomic E-state index is 0.0466. The van der Waals surface area contributed by atoms with Gasteiger partial charge < -0.3 is 9.47 Å². The fraction of sp³-hybridized carbons (Fsp3) is 0. The summed E-state index contributed by atoms with van der Waals surface area (Å²) in [5.74, 6) is -3.41. The first-order valence-corrected chi connectivity index (χ1v) is 7.05. The van der Waals surface area contributed by atoms with Crippen LogP contribution >= 0.6 is 22.7 Å². The topological polar surface area (TPSA) is 86.7 Å². The van der Waals surface area contributed by atoms with Crippen LogP contribution in [0.4, 0.5) is 0 Å². The molecular weight excluding hydrogens is 304 g/mol. The normalized spacial score (nSPS) is 16.2. The summed E-state index contributed by atoms with van der Waals surface area (Å²) in [7, 11) is 0. The minimum atomic E-state index is -0.939. The molecule has 0 radical (unpaired) electrons. The fourth-order valence-corrected chi connectivity index (χ4v) is 4.35. The van der Waals surface area contributed by atoms with Crippen molar-refractivity contribution in [3.05, 3.63) is 33.0 Å². The van der Waals surface area contributed by atoms with Crippen molar-refractivity contribution in [3.63, 3.8) is 0 Å². The third-order valence-electron chi connectivity index (χ3n) is 2.96. The number of fused-ring (bicyclic) bond motifs is 7. The highest BCUT2D eigenvalue weighted by atomic mass is 32.1. The van der Waals surface area contributed by atoms with Gasteiger partial charge in [0.25, 0.3) is 0 Å². The quantitative estimate of drug-likeness (QED) is 0.547. The van der Waals surface area contributed by atoms with Crippen LogP contribution in [-0.2, 0) is 9.47 Å². The highest BCUT2D eigenvalue weighted by Crippen LogP contribution is 2.45. The number of hydrogen-bond donors (Lipinski definition) is 0. The van der Waals surface area contributed by atoms with Crippen LogP contribution in [-0.4, -0.2) is 23.9 Å². The van der Waals surface area contributed by atoms with Crippen molar-refractivity contribution in [2.45, 2.75) is 0 Å². The second kappa shape index (κ2) is 3.62. The standard InChI is InChI=1S/C12H2O6S2/c13-9-3-1-2-19-6(3)7-4-5(11(15)18-10(4)14)8(20-7)12(16)17-9/h1-2H. The maximum Gasteiger partial charge on any atom is 0.357 e. The Balaban J connectivity index is 2.14. The molecule has 0 fully saturated rings. The van der Waals surface area contributed by atoms with E-state index < -0.39 is 23.9 Å². The smallest absolute Gasteiger partial charge is 0.357 e. The molecular formula is C12H2O6S2. The minimum Gasteiger partial charge on any atom is -0.386 e. The lowest BCUT2D eigenvalue weighted by molar-refractivity contribution is 0.0381. The summed E-state index contributed by atoms with van der Waals surface area (Å²) in [4.78, 5) is 48.0. The maximum absolute atomic E-state index is 11.9. The predicted octanol–water partition coefficient (Wildman–Crippen LogP) is 2.10. The van der Waals surface area contributed by atoms with E-state index in [9.17, 15) is 19.2 Å². The van der Waals surface area contributed by atoms with Crippen molar-refractivity contribution in [1.82, 2.24) is 0 Å². The van der Waals surface area contributed by atoms with Gasteiger partial charge in [-0.15, -0.1) is 22.7 Å². The molecule has 0 aromatic carbocycles. The first kappa shape index (κ1) is 11.5. The molecule has 2 bridgehead atoms. The Morgan fingerprint density at radius 1 is 0.750 bits per heavy atom. The Morgan fingerprint density at radius 3 is 2.15 bits per heavy atom. The monoisotopic (exact) mass is 306 g/mol. The largest absolute Gasteiger partial charge is 0.386 e. The molecule has 2 aromatic rings. The summed E-state index contributed by atoms with van der Waals surface area (Å²) in [6.45, 7) is 0. The second-order valence-corrected chi connectivity index (χ2v) is 5.96. The maximum atomic E-state index is 11.9. The highest BCUT2D eigenvalue weighted by molar-refractivity contribution is 7.23. The highest BCUT2D eigenvalue weighted by Gasteiger charge is 2.43. The molecule has 0 unspecified atom stereocenters. The van der Waals surface area contributed by atoms with Crippen molar-refractivity contribution in [3.8, 4) is 9.75 Å². The zero-order valence-corrected chi connectivity index (χ0v) is 11.1. The summed E-state index contributed by atoms with van der Waals surface area (Å²) >= 11 is 2.19. The number of thiophene rings is 2. The van der Waals surface area contributed by atoms with Gasteiger partial charge in [-0.3, -0.25) is 0 Å². The molecule has 0 amide bonds. The lowest BCUT2D eigenvalue weighted by atomic mass is 10.1. The lowest BCUT2D eigenvalue weighted by Crippen LogP contribution is -2.14. The van der Waals surface area contributed by atoms with E-state index in [2.05, 4.69) is 4.74 Å². The van der Waals surface area contributed by atoms with Gasteiger partial charge in [-0.05, 0) is 11.4 Å². The van der Waals surface area contributed by atoms with Gasteiger partial charge >= 0.3 is 23.9 Å². The molecule has 0 saturated carbocycles. The summed E-state index contributed by atoms with van der Waals surface area (Å²) in [5, 5.41) is 1.65. The number of ether oxygens (including phenoxy) is 2. The molecule has 4 heterocycles. The van der Waals surface area contributed by atoms with E-state index in [0.29, 0.717) is 9.75 Å². The van der Waals surface area contributed by atoms with Crippen molar-refractivity contribution in [1.29, 1.82) is 0 Å². The molecule has 0 spiro atoms. The summed E-state index contributed by atoms with van der Waals surface area (Å²) in [6, 6.07) is 1.51. The van der Waals surface area contributed by atoms with Gasteiger partial charge in [0.15, 0.2) is 0 Å². The zero-order valence-electron chi connectivity index (χ0n) is 9.42. The summed E-state index contributed by atoms with van der Waals surface area (Å²) < 4.78 is 9.24. The van der Waals surface area contributed by atoms with Crippen molar-refractivity contribution in [2.24, 2.45) is 0 Å². The molecule has 6 nitrogen and oxygen atoms in total. The van der Waals surface area contributed by atoms with Crippen LogP contribution < -0.4 is 0 Å². The van der Waals surface area contributed by atoms with Crippen molar-refractivity contribution in [2.75, 3.05) is 0 Å². The van der Waals surface area contributed by atoms with Gasteiger partial charge in [0.05, 0.1) is 20.9 Å². The van der Waals surface area contributed by atoms with Crippen LogP contribution in [0.2, 0.25) is 0 Å². The van der Waals surface area contributed by atoms with Crippen LogP contribution in [0.15, 0.2) is 11.4 Å². The molecule has 2 aromatic heterocycles. The zero-order chi connectivity index (χ0) is 14.0. The molecule has 8 heteroatoms. The van der Waals surface area contributed by atoms with E-state index in [1.54, 1.807) is 5.38 Å². The fourth-order valence-electron chi connectivity index (χ4n) is 2.14. The Labute approximate surface area is 118 Å². The molecule has 20 heavy (non-hydrogen) atoms. The second-order valence-electron chi connectivity index (χ2n) is 4.03. The van der Waals surface area contributed by atoms with Crippen LogP contribution in [0.3, 0.4) is 0 Å². The molecule has 0 saturated heterocycles.